The number of hydrogen-bond acceptors (Lipinski definition) is 4. The summed E-state index contributed by atoms with van der Waals surface area (Å²) in [5.74, 6) is -0.106. The Morgan fingerprint density at radius 2 is 2.08 bits per heavy atom. The molecule has 0 bridgehead atoms. The Morgan fingerprint density at radius 3 is 2.84 bits per heavy atom. The van der Waals surface area contributed by atoms with Gasteiger partial charge in [0.05, 0.1) is 5.52 Å². The normalized spacial score (nSPS) is 11.3. The summed E-state index contributed by atoms with van der Waals surface area (Å²) >= 11 is 3.33. The summed E-state index contributed by atoms with van der Waals surface area (Å²) in [5.41, 5.74) is 3.04. The average Bonchev–Trinajstić information content (AvgIpc) is 2.87. The first-order valence-corrected chi connectivity index (χ1v) is 8.38. The van der Waals surface area contributed by atoms with E-state index in [0.29, 0.717) is 5.75 Å². The monoisotopic (exact) mass is 401 g/mol. The molecule has 1 heterocycles. The fourth-order valence-electron chi connectivity index (χ4n) is 2.56. The first-order valence-electron chi connectivity index (χ1n) is 7.59. The quantitative estimate of drug-likeness (QED) is 0.606. The molecule has 0 radical (unpaired) electrons. The third-order valence-electron chi connectivity index (χ3n) is 3.62. The maximum atomic E-state index is 11.9. The lowest BCUT2D eigenvalue weighted by molar-refractivity contribution is -0.120. The van der Waals surface area contributed by atoms with Crippen LogP contribution < -0.4 is 4.74 Å². The molecule has 1 amide bonds. The van der Waals surface area contributed by atoms with Crippen LogP contribution in [0, 0.1) is 13.8 Å². The van der Waals surface area contributed by atoms with Crippen molar-refractivity contribution in [3.8, 4) is 11.6 Å². The number of benzene rings is 2. The van der Waals surface area contributed by atoms with Gasteiger partial charge in [0.1, 0.15) is 5.75 Å². The fraction of sp³-hybridized carbons (Fsp3) is 0.167. The number of H-pyrrole nitrogens is 1. The number of hydrogen-bond donors (Lipinski definition) is 2. The Hall–Kier alpha value is -2.67. The van der Waals surface area contributed by atoms with E-state index in [9.17, 15) is 9.90 Å². The van der Waals surface area contributed by atoms with E-state index >= 15 is 0 Å². The molecule has 0 saturated carbocycles. The predicted molar refractivity (Wildman–Crippen MR) is 98.6 cm³/mol. The summed E-state index contributed by atoms with van der Waals surface area (Å²) in [5, 5.41) is 18.3. The van der Waals surface area contributed by atoms with Crippen LogP contribution in [0.2, 0.25) is 0 Å². The van der Waals surface area contributed by atoms with Crippen molar-refractivity contribution in [2.45, 2.75) is 13.8 Å². The van der Waals surface area contributed by atoms with Crippen molar-refractivity contribution < 1.29 is 14.6 Å². The zero-order valence-corrected chi connectivity index (χ0v) is 15.3. The van der Waals surface area contributed by atoms with Gasteiger partial charge in [0.15, 0.2) is 12.3 Å². The van der Waals surface area contributed by atoms with Crippen LogP contribution in [0.25, 0.3) is 10.9 Å². The first-order chi connectivity index (χ1) is 11.9. The highest BCUT2D eigenvalue weighted by molar-refractivity contribution is 9.10. The molecule has 0 saturated heterocycles. The second kappa shape index (κ2) is 7.06. The number of carbonyl (C=O) groups excluding carboxylic acids is 1. The van der Waals surface area contributed by atoms with Crippen LogP contribution in [0.3, 0.4) is 0 Å². The second-order valence-electron chi connectivity index (χ2n) is 5.67. The number of carbonyl (C=O) groups is 1. The average molecular weight is 402 g/mol. The Labute approximate surface area is 152 Å². The molecule has 0 unspecified atom stereocenters. The first kappa shape index (κ1) is 17.2. The Kier molecular flexibility index (Phi) is 4.85. The Bertz CT molecular complexity index is 979. The highest BCUT2D eigenvalue weighted by Crippen LogP contribution is 2.37. The van der Waals surface area contributed by atoms with Gasteiger partial charge in [-0.1, -0.05) is 33.6 Å². The minimum atomic E-state index is -0.543. The van der Waals surface area contributed by atoms with Gasteiger partial charge in [0.2, 0.25) is 5.88 Å². The van der Waals surface area contributed by atoms with Gasteiger partial charge in [-0.3, -0.25) is 4.79 Å². The van der Waals surface area contributed by atoms with Crippen LogP contribution in [-0.2, 0) is 4.79 Å². The number of aromatic nitrogens is 1. The van der Waals surface area contributed by atoms with Gasteiger partial charge in [-0.25, -0.2) is 0 Å². The maximum Gasteiger partial charge on any atom is 0.302 e. The van der Waals surface area contributed by atoms with Crippen LogP contribution in [0.5, 0.6) is 11.6 Å². The molecular formula is C18H16BrN3O3. The molecule has 0 aliphatic rings. The topological polar surface area (TPSA) is 87.0 Å². The summed E-state index contributed by atoms with van der Waals surface area (Å²) in [4.78, 5) is 14.8. The Morgan fingerprint density at radius 1 is 1.28 bits per heavy atom. The van der Waals surface area contributed by atoms with E-state index in [4.69, 9.17) is 4.74 Å². The van der Waals surface area contributed by atoms with Crippen molar-refractivity contribution in [3.05, 3.63) is 52.0 Å². The number of amides is 1. The zero-order chi connectivity index (χ0) is 18.0. The smallest absolute Gasteiger partial charge is 0.302 e. The molecule has 0 spiro atoms. The zero-order valence-electron chi connectivity index (χ0n) is 13.7. The molecule has 6 nitrogen and oxygen atoms in total. The number of aromatic amines is 1. The molecule has 0 aliphatic carbocycles. The third-order valence-corrected chi connectivity index (χ3v) is 4.12. The molecule has 2 N–H and O–H groups in total. The van der Waals surface area contributed by atoms with Crippen molar-refractivity contribution in [1.82, 2.24) is 4.98 Å². The van der Waals surface area contributed by atoms with Gasteiger partial charge in [0, 0.05) is 9.86 Å². The van der Waals surface area contributed by atoms with Crippen LogP contribution >= 0.6 is 15.9 Å². The molecule has 0 atom stereocenters. The van der Waals surface area contributed by atoms with Gasteiger partial charge < -0.3 is 14.8 Å². The van der Waals surface area contributed by atoms with Crippen LogP contribution in [0.15, 0.2) is 51.1 Å². The lowest BCUT2D eigenvalue weighted by atomic mass is 10.1. The number of fused-ring (bicyclic) bond motifs is 1. The third kappa shape index (κ3) is 3.88. The number of nitrogens with one attached hydrogen (secondary N) is 1. The van der Waals surface area contributed by atoms with Crippen molar-refractivity contribution >= 4 is 38.4 Å². The number of rotatable bonds is 4. The fourth-order valence-corrected chi connectivity index (χ4v) is 2.94. The van der Waals surface area contributed by atoms with Crippen molar-refractivity contribution in [2.75, 3.05) is 6.61 Å². The molecule has 25 heavy (non-hydrogen) atoms. The largest absolute Gasteiger partial charge is 0.493 e. The molecular weight excluding hydrogens is 386 g/mol. The van der Waals surface area contributed by atoms with E-state index in [-0.39, 0.29) is 18.2 Å². The van der Waals surface area contributed by atoms with E-state index in [1.165, 1.54) is 0 Å². The Balaban J connectivity index is 1.76. The molecule has 1 aromatic heterocycles. The van der Waals surface area contributed by atoms with Crippen LogP contribution in [0.1, 0.15) is 11.1 Å². The van der Waals surface area contributed by atoms with Gasteiger partial charge in [-0.15, -0.1) is 10.2 Å². The number of nitrogens with zero attached hydrogens (tertiary/aromatic N) is 2. The number of azo groups is 1. The van der Waals surface area contributed by atoms with E-state index in [1.807, 2.05) is 32.0 Å². The van der Waals surface area contributed by atoms with E-state index in [0.717, 1.165) is 26.5 Å². The number of aromatic hydroxyl groups is 1. The molecule has 0 fully saturated rings. The predicted octanol–water partition coefficient (Wildman–Crippen LogP) is 4.94. The summed E-state index contributed by atoms with van der Waals surface area (Å²) in [6.45, 7) is 3.65. The van der Waals surface area contributed by atoms with Crippen LogP contribution in [0.4, 0.5) is 5.69 Å². The highest BCUT2D eigenvalue weighted by Gasteiger charge is 2.13. The van der Waals surface area contributed by atoms with E-state index in [2.05, 4.69) is 31.1 Å². The molecule has 0 aliphatic heterocycles. The standard InChI is InChI=1S/C18H16BrN3O3/c1-10-6-11(2)16-14(7-10)17(18(24)20-16)22-21-15(23)9-25-13-5-3-4-12(19)8-13/h3-8,20,24H,9H2,1-2H3. The second-order valence-corrected chi connectivity index (χ2v) is 6.58. The highest BCUT2D eigenvalue weighted by atomic mass is 79.9. The summed E-state index contributed by atoms with van der Waals surface area (Å²) in [6.07, 6.45) is 0. The molecule has 2 aromatic carbocycles. The maximum absolute atomic E-state index is 11.9. The molecule has 7 heteroatoms. The number of halogens is 1. The van der Waals surface area contributed by atoms with Gasteiger partial charge in [0.25, 0.3) is 0 Å². The number of aryl methyl sites for hydroxylation is 2. The van der Waals surface area contributed by atoms with Gasteiger partial charge >= 0.3 is 5.91 Å². The molecule has 3 rings (SSSR count). The van der Waals surface area contributed by atoms with Gasteiger partial charge in [-0.2, -0.15) is 0 Å². The number of ether oxygens (including phenoxy) is 1. The molecule has 128 valence electrons. The SMILES string of the molecule is Cc1cc(C)c2[nH]c(O)c(N=NC(=O)COc3cccc(Br)c3)c2c1. The minimum Gasteiger partial charge on any atom is -0.493 e. The summed E-state index contributed by atoms with van der Waals surface area (Å²) in [6, 6.07) is 11.0. The van der Waals surface area contributed by atoms with E-state index in [1.54, 1.807) is 18.2 Å². The lowest BCUT2D eigenvalue weighted by Crippen LogP contribution is -2.07. The van der Waals surface area contributed by atoms with Crippen molar-refractivity contribution in [1.29, 1.82) is 0 Å². The van der Waals surface area contributed by atoms with Crippen molar-refractivity contribution in [3.63, 3.8) is 0 Å². The van der Waals surface area contributed by atoms with Crippen molar-refractivity contribution in [2.24, 2.45) is 10.2 Å². The lowest BCUT2D eigenvalue weighted by Gasteiger charge is -2.02. The summed E-state index contributed by atoms with van der Waals surface area (Å²) in [7, 11) is 0. The summed E-state index contributed by atoms with van der Waals surface area (Å²) < 4.78 is 6.23. The van der Waals surface area contributed by atoms with Crippen LogP contribution in [-0.4, -0.2) is 22.6 Å². The van der Waals surface area contributed by atoms with Gasteiger partial charge in [-0.05, 0) is 43.7 Å². The molecule has 3 aromatic rings. The minimum absolute atomic E-state index is 0.117. The van der Waals surface area contributed by atoms with E-state index < -0.39 is 5.91 Å².